The summed E-state index contributed by atoms with van der Waals surface area (Å²) in [5.74, 6) is 0.581. The van der Waals surface area contributed by atoms with Crippen LogP contribution in [0.4, 0.5) is 0 Å². The summed E-state index contributed by atoms with van der Waals surface area (Å²) in [5.41, 5.74) is 0.605. The van der Waals surface area contributed by atoms with Crippen molar-refractivity contribution < 1.29 is 9.53 Å². The minimum Gasteiger partial charge on any atom is -0.496 e. The quantitative estimate of drug-likeness (QED) is 0.590. The molecule has 0 radical (unpaired) electrons. The first-order valence-corrected chi connectivity index (χ1v) is 4.59. The van der Waals surface area contributed by atoms with E-state index in [1.807, 2.05) is 0 Å². The Labute approximate surface area is 92.1 Å². The van der Waals surface area contributed by atoms with E-state index < -0.39 is 0 Å². The predicted octanol–water partition coefficient (Wildman–Crippen LogP) is 3.13. The zero-order valence-corrected chi connectivity index (χ0v) is 8.97. The van der Waals surface area contributed by atoms with Crippen LogP contribution < -0.4 is 4.74 Å². The normalized spacial score (nSPS) is 11.2. The summed E-state index contributed by atoms with van der Waals surface area (Å²) >= 11 is 11.6. The van der Waals surface area contributed by atoms with Crippen molar-refractivity contribution in [3.05, 3.63) is 34.9 Å². The van der Waals surface area contributed by atoms with Crippen LogP contribution in [0.2, 0.25) is 5.02 Å². The third-order valence-electron chi connectivity index (χ3n) is 1.63. The van der Waals surface area contributed by atoms with Crippen LogP contribution >= 0.6 is 23.2 Å². The molecule has 0 amide bonds. The van der Waals surface area contributed by atoms with Gasteiger partial charge in [0.1, 0.15) is 12.0 Å². The Morgan fingerprint density at radius 2 is 2.21 bits per heavy atom. The summed E-state index contributed by atoms with van der Waals surface area (Å²) in [6.07, 6.45) is 1.86. The first-order valence-electron chi connectivity index (χ1n) is 3.84. The molecule has 0 spiro atoms. The average molecular weight is 231 g/mol. The molecule has 2 nitrogen and oxygen atoms in total. The van der Waals surface area contributed by atoms with Gasteiger partial charge in [0.2, 0.25) is 0 Å². The van der Waals surface area contributed by atoms with Crippen molar-refractivity contribution in [1.29, 1.82) is 0 Å². The molecule has 0 N–H and O–H groups in total. The first-order chi connectivity index (χ1) is 6.69. The summed E-state index contributed by atoms with van der Waals surface area (Å²) in [4.78, 5) is 10.2. The van der Waals surface area contributed by atoms with E-state index in [1.165, 1.54) is 13.2 Å². The van der Waals surface area contributed by atoms with Crippen molar-refractivity contribution in [1.82, 2.24) is 0 Å². The van der Waals surface area contributed by atoms with E-state index >= 15 is 0 Å². The smallest absolute Gasteiger partial charge is 0.144 e. The molecule has 1 aromatic carbocycles. The topological polar surface area (TPSA) is 26.3 Å². The SMILES string of the molecule is COc1ccc(Cl)cc1C(Cl)=CC=O. The van der Waals surface area contributed by atoms with Crippen LogP contribution in [-0.4, -0.2) is 13.4 Å². The fourth-order valence-corrected chi connectivity index (χ4v) is 1.39. The number of ether oxygens (including phenoxy) is 1. The van der Waals surface area contributed by atoms with Crippen molar-refractivity contribution in [2.45, 2.75) is 0 Å². The molecule has 0 aromatic heterocycles. The third-order valence-corrected chi connectivity index (χ3v) is 2.20. The van der Waals surface area contributed by atoms with Gasteiger partial charge < -0.3 is 4.74 Å². The molecule has 0 heterocycles. The van der Waals surface area contributed by atoms with Gasteiger partial charge in [0, 0.05) is 10.6 Å². The fourth-order valence-electron chi connectivity index (χ4n) is 1.02. The fraction of sp³-hybridized carbons (Fsp3) is 0.100. The standard InChI is InChI=1S/C10H8Cl2O2/c1-14-10-3-2-7(11)6-8(10)9(12)4-5-13/h2-6H,1H3. The van der Waals surface area contributed by atoms with Gasteiger partial charge in [-0.1, -0.05) is 23.2 Å². The Balaban J connectivity index is 3.23. The van der Waals surface area contributed by atoms with Gasteiger partial charge in [0.05, 0.1) is 12.1 Å². The molecule has 0 saturated carbocycles. The lowest BCUT2D eigenvalue weighted by molar-refractivity contribution is -0.104. The second kappa shape index (κ2) is 5.03. The number of halogens is 2. The van der Waals surface area contributed by atoms with Gasteiger partial charge >= 0.3 is 0 Å². The van der Waals surface area contributed by atoms with Crippen molar-refractivity contribution in [3.63, 3.8) is 0 Å². The summed E-state index contributed by atoms with van der Waals surface area (Å²) in [6.45, 7) is 0. The lowest BCUT2D eigenvalue weighted by Gasteiger charge is -2.06. The molecule has 0 bridgehead atoms. The molecule has 1 rings (SSSR count). The summed E-state index contributed by atoms with van der Waals surface area (Å²) < 4.78 is 5.07. The highest BCUT2D eigenvalue weighted by molar-refractivity contribution is 6.50. The number of methoxy groups -OCH3 is 1. The maximum Gasteiger partial charge on any atom is 0.144 e. The zero-order valence-electron chi connectivity index (χ0n) is 7.46. The largest absolute Gasteiger partial charge is 0.496 e. The highest BCUT2D eigenvalue weighted by Gasteiger charge is 2.06. The number of allylic oxidation sites excluding steroid dienone is 1. The van der Waals surface area contributed by atoms with Gasteiger partial charge in [-0.3, -0.25) is 4.79 Å². The van der Waals surface area contributed by atoms with Gasteiger partial charge in [0.15, 0.2) is 0 Å². The molecule has 0 fully saturated rings. The van der Waals surface area contributed by atoms with E-state index in [9.17, 15) is 4.79 Å². The summed E-state index contributed by atoms with van der Waals surface area (Å²) in [7, 11) is 1.53. The monoisotopic (exact) mass is 230 g/mol. The number of rotatable bonds is 3. The molecule has 0 saturated heterocycles. The van der Waals surface area contributed by atoms with E-state index in [2.05, 4.69) is 0 Å². The molecule has 0 aliphatic rings. The molecular formula is C10H8Cl2O2. The van der Waals surface area contributed by atoms with Crippen LogP contribution in [0.1, 0.15) is 5.56 Å². The number of aldehydes is 1. The van der Waals surface area contributed by atoms with E-state index in [-0.39, 0.29) is 0 Å². The van der Waals surface area contributed by atoms with E-state index in [0.29, 0.717) is 27.7 Å². The Hall–Kier alpha value is -0.990. The Morgan fingerprint density at radius 1 is 1.50 bits per heavy atom. The lowest BCUT2D eigenvalue weighted by Crippen LogP contribution is -1.88. The molecule has 1 aromatic rings. The van der Waals surface area contributed by atoms with Gasteiger partial charge in [0.25, 0.3) is 0 Å². The molecule has 0 unspecified atom stereocenters. The van der Waals surface area contributed by atoms with E-state index in [0.717, 1.165) is 0 Å². The maximum atomic E-state index is 10.2. The molecule has 14 heavy (non-hydrogen) atoms. The van der Waals surface area contributed by atoms with E-state index in [1.54, 1.807) is 18.2 Å². The minimum absolute atomic E-state index is 0.305. The number of carbonyl (C=O) groups is 1. The molecule has 74 valence electrons. The van der Waals surface area contributed by atoms with Crippen LogP contribution in [0.25, 0.3) is 5.03 Å². The predicted molar refractivity (Wildman–Crippen MR) is 57.9 cm³/mol. The second-order valence-corrected chi connectivity index (χ2v) is 3.34. The van der Waals surface area contributed by atoms with E-state index in [4.69, 9.17) is 27.9 Å². The number of carbonyl (C=O) groups excluding carboxylic acids is 1. The van der Waals surface area contributed by atoms with Crippen molar-refractivity contribution >= 4 is 34.5 Å². The van der Waals surface area contributed by atoms with Crippen molar-refractivity contribution in [2.75, 3.05) is 7.11 Å². The number of hydrogen-bond donors (Lipinski definition) is 0. The van der Waals surface area contributed by atoms with Gasteiger partial charge in [-0.25, -0.2) is 0 Å². The Bertz CT molecular complexity index is 372. The highest BCUT2D eigenvalue weighted by atomic mass is 35.5. The van der Waals surface area contributed by atoms with Gasteiger partial charge in [-0.05, 0) is 24.3 Å². The molecule has 0 aliphatic carbocycles. The maximum absolute atomic E-state index is 10.2. The van der Waals surface area contributed by atoms with Crippen LogP contribution in [-0.2, 0) is 4.79 Å². The van der Waals surface area contributed by atoms with Crippen molar-refractivity contribution in [2.24, 2.45) is 0 Å². The van der Waals surface area contributed by atoms with Crippen molar-refractivity contribution in [3.8, 4) is 5.75 Å². The van der Waals surface area contributed by atoms with Crippen LogP contribution in [0.3, 0.4) is 0 Å². The molecule has 0 atom stereocenters. The average Bonchev–Trinajstić information content (AvgIpc) is 2.18. The molecule has 0 aliphatic heterocycles. The zero-order chi connectivity index (χ0) is 10.6. The third kappa shape index (κ3) is 2.50. The lowest BCUT2D eigenvalue weighted by atomic mass is 10.2. The van der Waals surface area contributed by atoms with Gasteiger partial charge in [-0.15, -0.1) is 0 Å². The summed E-state index contributed by atoms with van der Waals surface area (Å²) in [6, 6.07) is 5.02. The summed E-state index contributed by atoms with van der Waals surface area (Å²) in [5, 5.41) is 0.845. The van der Waals surface area contributed by atoms with Gasteiger partial charge in [-0.2, -0.15) is 0 Å². The Kier molecular flexibility index (Phi) is 3.98. The molecular weight excluding hydrogens is 223 g/mol. The number of hydrogen-bond acceptors (Lipinski definition) is 2. The minimum atomic E-state index is 0.305. The number of benzene rings is 1. The van der Waals surface area contributed by atoms with Crippen LogP contribution in [0.5, 0.6) is 5.75 Å². The Morgan fingerprint density at radius 3 is 2.79 bits per heavy atom. The second-order valence-electron chi connectivity index (χ2n) is 2.50. The highest BCUT2D eigenvalue weighted by Crippen LogP contribution is 2.30. The molecule has 4 heteroatoms. The van der Waals surface area contributed by atoms with Crippen LogP contribution in [0.15, 0.2) is 24.3 Å². The first kappa shape index (κ1) is 11.1. The van der Waals surface area contributed by atoms with Crippen LogP contribution in [0, 0.1) is 0 Å².